The monoisotopic (exact) mass is 384 g/mol. The molecule has 3 aromatic rings. The van der Waals surface area contributed by atoms with Crippen molar-refractivity contribution in [2.24, 2.45) is 0 Å². The Morgan fingerprint density at radius 1 is 0.778 bits per heavy atom. The second-order valence-corrected chi connectivity index (χ2v) is 8.24. The highest BCUT2D eigenvalue weighted by Gasteiger charge is 2.17. The van der Waals surface area contributed by atoms with Crippen molar-refractivity contribution in [3.63, 3.8) is 0 Å². The first-order chi connectivity index (χ1) is 12.8. The highest BCUT2D eigenvalue weighted by Crippen LogP contribution is 2.24. The summed E-state index contributed by atoms with van der Waals surface area (Å²) in [6, 6.07) is 22.0. The fourth-order valence-corrected chi connectivity index (χ4v) is 3.53. The van der Waals surface area contributed by atoms with Gasteiger partial charge < -0.3 is 9.84 Å². The third-order valence-electron chi connectivity index (χ3n) is 3.59. The molecule has 0 amide bonds. The van der Waals surface area contributed by atoms with Crippen LogP contribution in [0.5, 0.6) is 11.5 Å². The average Bonchev–Trinajstić information content (AvgIpc) is 2.63. The van der Waals surface area contributed by atoms with E-state index in [2.05, 4.69) is 19.1 Å². The minimum absolute atomic E-state index is 0.0321. The van der Waals surface area contributed by atoms with E-state index < -0.39 is 9.84 Å². The van der Waals surface area contributed by atoms with E-state index >= 15 is 0 Å². The van der Waals surface area contributed by atoms with E-state index in [1.54, 1.807) is 12.1 Å². The number of ether oxygens (including phenoxy) is 1. The summed E-state index contributed by atoms with van der Waals surface area (Å²) >= 11 is 0. The van der Waals surface area contributed by atoms with E-state index in [0.29, 0.717) is 5.75 Å². The summed E-state index contributed by atoms with van der Waals surface area (Å²) in [7, 11) is -3.57. The first-order valence-corrected chi connectivity index (χ1v) is 10.1. The molecule has 4 nitrogen and oxygen atoms in total. The Hall–Kier alpha value is -2.79. The first-order valence-electron chi connectivity index (χ1n) is 8.61. The number of rotatable bonds is 4. The van der Waals surface area contributed by atoms with Gasteiger partial charge in [-0.15, -0.1) is 0 Å². The topological polar surface area (TPSA) is 63.6 Å². The zero-order valence-electron chi connectivity index (χ0n) is 15.7. The van der Waals surface area contributed by atoms with Crippen LogP contribution in [0.3, 0.4) is 0 Å². The van der Waals surface area contributed by atoms with Crippen LogP contribution in [0.15, 0.2) is 88.7 Å². The largest absolute Gasteiger partial charge is 0.508 e. The van der Waals surface area contributed by atoms with Crippen molar-refractivity contribution in [2.75, 3.05) is 0 Å². The second-order valence-electron chi connectivity index (χ2n) is 6.29. The standard InChI is InChI=1S/C15H16O4S.C7H8/c1-11(2)19-13-5-9-15(10-6-13)20(17,18)14-7-3-12(16)4-8-14;1-7-5-3-2-4-6-7/h3-11,16H,1-2H3;2-6H,1H3. The predicted octanol–water partition coefficient (Wildman–Crippen LogP) is 5.01. The van der Waals surface area contributed by atoms with Crippen molar-refractivity contribution < 1.29 is 18.3 Å². The van der Waals surface area contributed by atoms with Crippen LogP contribution in [0.2, 0.25) is 0 Å². The molecule has 0 unspecified atom stereocenters. The lowest BCUT2D eigenvalue weighted by molar-refractivity contribution is 0.242. The lowest BCUT2D eigenvalue weighted by Gasteiger charge is -2.10. The number of phenols is 1. The van der Waals surface area contributed by atoms with E-state index in [9.17, 15) is 13.5 Å². The Bertz CT molecular complexity index is 930. The number of phenolic OH excluding ortho intramolecular Hbond substituents is 1. The van der Waals surface area contributed by atoms with E-state index in [4.69, 9.17) is 4.74 Å². The number of hydrogen-bond donors (Lipinski definition) is 1. The van der Waals surface area contributed by atoms with Gasteiger partial charge in [0.05, 0.1) is 15.9 Å². The van der Waals surface area contributed by atoms with Crippen LogP contribution in [0.4, 0.5) is 0 Å². The predicted molar refractivity (Wildman–Crippen MR) is 107 cm³/mol. The Balaban J connectivity index is 0.000000313. The molecule has 0 atom stereocenters. The van der Waals surface area contributed by atoms with E-state index in [0.717, 1.165) is 0 Å². The Labute approximate surface area is 161 Å². The normalized spacial score (nSPS) is 10.8. The molecular weight excluding hydrogens is 360 g/mol. The molecule has 142 valence electrons. The lowest BCUT2D eigenvalue weighted by atomic mass is 10.2. The van der Waals surface area contributed by atoms with E-state index in [-0.39, 0.29) is 21.6 Å². The molecule has 0 radical (unpaired) electrons. The fourth-order valence-electron chi connectivity index (χ4n) is 2.27. The number of aryl methyl sites for hydroxylation is 1. The van der Waals surface area contributed by atoms with Crippen LogP contribution in [0.25, 0.3) is 0 Å². The van der Waals surface area contributed by atoms with Gasteiger partial charge >= 0.3 is 0 Å². The molecule has 5 heteroatoms. The average molecular weight is 384 g/mol. The molecule has 0 heterocycles. The second kappa shape index (κ2) is 9.24. The van der Waals surface area contributed by atoms with E-state index in [1.807, 2.05) is 32.0 Å². The Morgan fingerprint density at radius 3 is 1.67 bits per heavy atom. The summed E-state index contributed by atoms with van der Waals surface area (Å²) in [4.78, 5) is 0.340. The molecule has 0 fully saturated rings. The molecule has 1 N–H and O–H groups in total. The fraction of sp³-hybridized carbons (Fsp3) is 0.182. The number of hydrogen-bond acceptors (Lipinski definition) is 4. The van der Waals surface area contributed by atoms with Crippen LogP contribution in [-0.4, -0.2) is 19.6 Å². The maximum atomic E-state index is 12.4. The van der Waals surface area contributed by atoms with Gasteiger partial charge in [-0.2, -0.15) is 0 Å². The molecule has 3 aromatic carbocycles. The van der Waals surface area contributed by atoms with Crippen molar-refractivity contribution in [1.29, 1.82) is 0 Å². The van der Waals surface area contributed by atoms with Gasteiger partial charge in [-0.05, 0) is 69.3 Å². The molecule has 0 aliphatic rings. The van der Waals surface area contributed by atoms with Gasteiger partial charge in [0, 0.05) is 0 Å². The van der Waals surface area contributed by atoms with Crippen molar-refractivity contribution in [2.45, 2.75) is 36.7 Å². The van der Waals surface area contributed by atoms with Crippen LogP contribution in [-0.2, 0) is 9.84 Å². The van der Waals surface area contributed by atoms with Gasteiger partial charge in [0.1, 0.15) is 11.5 Å². The third kappa shape index (κ3) is 6.15. The molecule has 0 aliphatic carbocycles. The van der Waals surface area contributed by atoms with Crippen LogP contribution in [0, 0.1) is 6.92 Å². The van der Waals surface area contributed by atoms with Gasteiger partial charge in [0.25, 0.3) is 0 Å². The summed E-state index contributed by atoms with van der Waals surface area (Å²) < 4.78 is 30.2. The maximum absolute atomic E-state index is 12.4. The van der Waals surface area contributed by atoms with E-state index in [1.165, 1.54) is 42.0 Å². The van der Waals surface area contributed by atoms with Crippen molar-refractivity contribution >= 4 is 9.84 Å². The highest BCUT2D eigenvalue weighted by molar-refractivity contribution is 7.91. The zero-order valence-corrected chi connectivity index (χ0v) is 16.5. The molecule has 0 aliphatic heterocycles. The zero-order chi connectivity index (χ0) is 19.9. The Kier molecular flexibility index (Phi) is 7.02. The summed E-state index contributed by atoms with van der Waals surface area (Å²) in [5.74, 6) is 0.661. The van der Waals surface area contributed by atoms with Crippen LogP contribution >= 0.6 is 0 Å². The smallest absolute Gasteiger partial charge is 0.206 e. The van der Waals surface area contributed by atoms with Gasteiger partial charge in [-0.1, -0.05) is 35.9 Å². The molecule has 0 aromatic heterocycles. The van der Waals surface area contributed by atoms with Crippen LogP contribution in [0.1, 0.15) is 19.4 Å². The number of aromatic hydroxyl groups is 1. The van der Waals surface area contributed by atoms with Crippen molar-refractivity contribution in [3.05, 3.63) is 84.4 Å². The summed E-state index contributed by atoms with van der Waals surface area (Å²) in [6.07, 6.45) is 0.0366. The molecule has 0 bridgehead atoms. The quantitative estimate of drug-likeness (QED) is 0.687. The molecule has 27 heavy (non-hydrogen) atoms. The summed E-state index contributed by atoms with van der Waals surface area (Å²) in [6.45, 7) is 5.89. The van der Waals surface area contributed by atoms with Crippen molar-refractivity contribution in [3.8, 4) is 11.5 Å². The van der Waals surface area contributed by atoms with Gasteiger partial charge in [0.15, 0.2) is 0 Å². The van der Waals surface area contributed by atoms with Gasteiger partial charge in [0.2, 0.25) is 9.84 Å². The first kappa shape index (κ1) is 20.5. The molecular formula is C22H24O4S. The van der Waals surface area contributed by atoms with Gasteiger partial charge in [-0.3, -0.25) is 0 Å². The minimum Gasteiger partial charge on any atom is -0.508 e. The highest BCUT2D eigenvalue weighted by atomic mass is 32.2. The van der Waals surface area contributed by atoms with Crippen molar-refractivity contribution in [1.82, 2.24) is 0 Å². The maximum Gasteiger partial charge on any atom is 0.206 e. The molecule has 0 spiro atoms. The minimum atomic E-state index is -3.57. The SMILES string of the molecule is CC(C)Oc1ccc(S(=O)(=O)c2ccc(O)cc2)cc1.Cc1ccccc1. The number of sulfone groups is 1. The lowest BCUT2D eigenvalue weighted by Crippen LogP contribution is -2.06. The number of benzene rings is 3. The summed E-state index contributed by atoms with van der Waals surface area (Å²) in [5, 5.41) is 9.20. The van der Waals surface area contributed by atoms with Gasteiger partial charge in [-0.25, -0.2) is 8.42 Å². The molecule has 3 rings (SSSR count). The Morgan fingerprint density at radius 2 is 1.26 bits per heavy atom. The van der Waals surface area contributed by atoms with Crippen LogP contribution < -0.4 is 4.74 Å². The summed E-state index contributed by atoms with van der Waals surface area (Å²) in [5.41, 5.74) is 1.32. The molecule has 0 saturated carbocycles. The third-order valence-corrected chi connectivity index (χ3v) is 5.38. The molecule has 0 saturated heterocycles.